The molecule has 2 amide bonds. The number of amides is 2. The molecule has 154 valence electrons. The number of carbonyl (C=O) groups excluding carboxylic acids is 2. The zero-order chi connectivity index (χ0) is 21.0. The smallest absolute Gasteiger partial charge is 0.257 e. The van der Waals surface area contributed by atoms with Gasteiger partial charge in [-0.15, -0.1) is 0 Å². The Bertz CT molecular complexity index is 907. The zero-order valence-electron chi connectivity index (χ0n) is 16.1. The molecule has 1 aliphatic rings. The number of nitrogens with one attached hydrogen (secondary N) is 1. The molecule has 1 heterocycles. The SMILES string of the molecule is COC(OC)[C@@H](N)CSCC(=O)N1c2ccccc2NC(=O)c2cc(F)ccc21. The third-order valence-electron chi connectivity index (χ3n) is 4.44. The Balaban J connectivity index is 1.86. The molecule has 0 aliphatic carbocycles. The van der Waals surface area contributed by atoms with Gasteiger partial charge in [0.15, 0.2) is 6.29 Å². The molecule has 2 aromatic carbocycles. The highest BCUT2D eigenvalue weighted by atomic mass is 32.2. The van der Waals surface area contributed by atoms with E-state index in [1.54, 1.807) is 24.3 Å². The van der Waals surface area contributed by atoms with Crippen molar-refractivity contribution in [3.8, 4) is 0 Å². The Morgan fingerprint density at radius 1 is 1.21 bits per heavy atom. The Morgan fingerprint density at radius 2 is 1.93 bits per heavy atom. The van der Waals surface area contributed by atoms with Gasteiger partial charge in [0, 0.05) is 20.0 Å². The van der Waals surface area contributed by atoms with E-state index in [0.29, 0.717) is 22.8 Å². The number of fused-ring (bicyclic) bond motifs is 2. The Labute approximate surface area is 172 Å². The summed E-state index contributed by atoms with van der Waals surface area (Å²) in [5.41, 5.74) is 7.44. The summed E-state index contributed by atoms with van der Waals surface area (Å²) < 4.78 is 24.0. The molecule has 7 nitrogen and oxygen atoms in total. The summed E-state index contributed by atoms with van der Waals surface area (Å²) >= 11 is 1.33. The van der Waals surface area contributed by atoms with E-state index < -0.39 is 24.1 Å². The molecule has 0 bridgehead atoms. The summed E-state index contributed by atoms with van der Waals surface area (Å²) in [5, 5.41) is 2.74. The van der Waals surface area contributed by atoms with Crippen LogP contribution in [-0.4, -0.2) is 49.9 Å². The molecular weight excluding hydrogens is 397 g/mol. The third kappa shape index (κ3) is 4.59. The summed E-state index contributed by atoms with van der Waals surface area (Å²) in [6, 6.07) is 10.3. The van der Waals surface area contributed by atoms with Gasteiger partial charge in [0.25, 0.3) is 5.91 Å². The number of halogens is 1. The highest BCUT2D eigenvalue weighted by Crippen LogP contribution is 2.38. The molecule has 9 heteroatoms. The number of anilines is 3. The second-order valence-electron chi connectivity index (χ2n) is 6.38. The van der Waals surface area contributed by atoms with Gasteiger partial charge in [-0.3, -0.25) is 14.5 Å². The summed E-state index contributed by atoms with van der Waals surface area (Å²) in [6.45, 7) is 0. The number of hydrogen-bond acceptors (Lipinski definition) is 6. The summed E-state index contributed by atoms with van der Waals surface area (Å²) in [6.07, 6.45) is -0.568. The first-order chi connectivity index (χ1) is 14.0. The fraction of sp³-hybridized carbons (Fsp3) is 0.300. The molecule has 1 atom stereocenters. The highest BCUT2D eigenvalue weighted by Gasteiger charge is 2.29. The molecular formula is C20H22FN3O4S. The van der Waals surface area contributed by atoms with Gasteiger partial charge in [-0.2, -0.15) is 11.8 Å². The number of para-hydroxylation sites is 2. The van der Waals surface area contributed by atoms with Crippen LogP contribution in [0.5, 0.6) is 0 Å². The summed E-state index contributed by atoms with van der Waals surface area (Å²) in [7, 11) is 3.00. The van der Waals surface area contributed by atoms with Gasteiger partial charge in [-0.05, 0) is 30.3 Å². The van der Waals surface area contributed by atoms with Crippen molar-refractivity contribution < 1.29 is 23.5 Å². The molecule has 29 heavy (non-hydrogen) atoms. The minimum Gasteiger partial charge on any atom is -0.354 e. The largest absolute Gasteiger partial charge is 0.354 e. The number of methoxy groups -OCH3 is 2. The average molecular weight is 419 g/mol. The van der Waals surface area contributed by atoms with Crippen molar-refractivity contribution in [1.29, 1.82) is 0 Å². The number of ether oxygens (including phenoxy) is 2. The van der Waals surface area contributed by atoms with Gasteiger partial charge in [-0.1, -0.05) is 12.1 Å². The maximum Gasteiger partial charge on any atom is 0.257 e. The minimum absolute atomic E-state index is 0.0927. The van der Waals surface area contributed by atoms with Crippen molar-refractivity contribution in [3.05, 3.63) is 53.8 Å². The number of hydrogen-bond donors (Lipinski definition) is 2. The highest BCUT2D eigenvalue weighted by molar-refractivity contribution is 8.00. The summed E-state index contributed by atoms with van der Waals surface area (Å²) in [5.74, 6) is -0.748. The molecule has 0 saturated heterocycles. The predicted octanol–water partition coefficient (Wildman–Crippen LogP) is 2.74. The van der Waals surface area contributed by atoms with Crippen molar-refractivity contribution in [2.75, 3.05) is 35.9 Å². The maximum atomic E-state index is 13.8. The second kappa shape index (κ2) is 9.36. The van der Waals surface area contributed by atoms with Crippen LogP contribution in [0.4, 0.5) is 21.5 Å². The number of nitrogens with two attached hydrogens (primary N) is 1. The standard InChI is InChI=1S/C20H22FN3O4S/c1-27-20(28-2)14(22)10-29-11-18(25)24-16-8-7-12(21)9-13(16)19(26)23-15-5-3-4-6-17(15)24/h3-9,14,20H,10-11,22H2,1-2H3,(H,23,26)/t14-/m0/s1. The Morgan fingerprint density at radius 3 is 2.66 bits per heavy atom. The fourth-order valence-electron chi connectivity index (χ4n) is 3.12. The number of carbonyl (C=O) groups is 2. The maximum absolute atomic E-state index is 13.8. The van der Waals surface area contributed by atoms with Crippen LogP contribution in [0, 0.1) is 5.82 Å². The van der Waals surface area contributed by atoms with Crippen molar-refractivity contribution in [2.24, 2.45) is 5.73 Å². The van der Waals surface area contributed by atoms with Crippen LogP contribution >= 0.6 is 11.8 Å². The number of thioether (sulfide) groups is 1. The van der Waals surface area contributed by atoms with E-state index in [4.69, 9.17) is 15.2 Å². The lowest BCUT2D eigenvalue weighted by atomic mass is 10.1. The van der Waals surface area contributed by atoms with E-state index in [1.165, 1.54) is 43.0 Å². The molecule has 0 spiro atoms. The normalized spacial score (nSPS) is 14.1. The monoisotopic (exact) mass is 419 g/mol. The number of benzene rings is 2. The molecule has 3 rings (SSSR count). The number of nitrogens with zero attached hydrogens (tertiary/aromatic N) is 1. The van der Waals surface area contributed by atoms with Crippen LogP contribution in [-0.2, 0) is 14.3 Å². The topological polar surface area (TPSA) is 93.9 Å². The molecule has 2 aromatic rings. The average Bonchev–Trinajstić information content (AvgIpc) is 2.82. The number of rotatable bonds is 7. The van der Waals surface area contributed by atoms with Crippen LogP contribution in [0.2, 0.25) is 0 Å². The first-order valence-corrected chi connectivity index (χ1v) is 10.0. The van der Waals surface area contributed by atoms with Crippen molar-refractivity contribution in [1.82, 2.24) is 0 Å². The van der Waals surface area contributed by atoms with Crippen LogP contribution in [0.1, 0.15) is 10.4 Å². The van der Waals surface area contributed by atoms with Gasteiger partial charge >= 0.3 is 0 Å². The lowest BCUT2D eigenvalue weighted by Gasteiger charge is -2.25. The summed E-state index contributed by atoms with van der Waals surface area (Å²) in [4.78, 5) is 27.1. The Kier molecular flexibility index (Phi) is 6.86. The van der Waals surface area contributed by atoms with E-state index in [-0.39, 0.29) is 17.2 Å². The van der Waals surface area contributed by atoms with Crippen LogP contribution in [0.3, 0.4) is 0 Å². The Hall–Kier alpha value is -2.46. The molecule has 0 fully saturated rings. The van der Waals surface area contributed by atoms with Crippen LogP contribution in [0.25, 0.3) is 0 Å². The lowest BCUT2D eigenvalue weighted by molar-refractivity contribution is -0.115. The van der Waals surface area contributed by atoms with Crippen LogP contribution < -0.4 is 16.0 Å². The molecule has 0 saturated carbocycles. The van der Waals surface area contributed by atoms with E-state index in [1.807, 2.05) is 0 Å². The molecule has 0 radical (unpaired) electrons. The van der Waals surface area contributed by atoms with Crippen molar-refractivity contribution in [2.45, 2.75) is 12.3 Å². The van der Waals surface area contributed by atoms with E-state index in [0.717, 1.165) is 6.07 Å². The van der Waals surface area contributed by atoms with Gasteiger partial charge in [0.05, 0.1) is 34.4 Å². The lowest BCUT2D eigenvalue weighted by Crippen LogP contribution is -2.40. The van der Waals surface area contributed by atoms with Crippen LogP contribution in [0.15, 0.2) is 42.5 Å². The second-order valence-corrected chi connectivity index (χ2v) is 7.41. The first kappa shape index (κ1) is 21.3. The molecule has 1 aliphatic heterocycles. The van der Waals surface area contributed by atoms with Gasteiger partial charge in [0.1, 0.15) is 5.82 Å². The van der Waals surface area contributed by atoms with Crippen molar-refractivity contribution in [3.63, 3.8) is 0 Å². The predicted molar refractivity (Wildman–Crippen MR) is 111 cm³/mol. The molecule has 0 aromatic heterocycles. The van der Waals surface area contributed by atoms with E-state index >= 15 is 0 Å². The van der Waals surface area contributed by atoms with Gasteiger partial charge in [0.2, 0.25) is 5.91 Å². The van der Waals surface area contributed by atoms with E-state index in [9.17, 15) is 14.0 Å². The zero-order valence-corrected chi connectivity index (χ0v) is 16.9. The molecule has 3 N–H and O–H groups in total. The molecule has 0 unspecified atom stereocenters. The third-order valence-corrected chi connectivity index (χ3v) is 5.51. The van der Waals surface area contributed by atoms with Gasteiger partial charge < -0.3 is 20.5 Å². The fourth-order valence-corrected chi connectivity index (χ4v) is 3.97. The van der Waals surface area contributed by atoms with Gasteiger partial charge in [-0.25, -0.2) is 4.39 Å². The first-order valence-electron chi connectivity index (χ1n) is 8.88. The van der Waals surface area contributed by atoms with Crippen molar-refractivity contribution >= 4 is 40.6 Å². The quantitative estimate of drug-likeness (QED) is 0.671. The minimum atomic E-state index is -0.568. The van der Waals surface area contributed by atoms with E-state index in [2.05, 4.69) is 5.32 Å².